The average Bonchev–Trinajstić information content (AvgIpc) is 2.70. The Labute approximate surface area is 114 Å². The van der Waals surface area contributed by atoms with Crippen molar-refractivity contribution in [3.63, 3.8) is 0 Å². The lowest BCUT2D eigenvalue weighted by atomic mass is 10.0. The number of carboxylic acid groups (broad SMARTS) is 1. The quantitative estimate of drug-likeness (QED) is 0.792. The van der Waals surface area contributed by atoms with E-state index in [2.05, 4.69) is 0 Å². The molecule has 5 heteroatoms. The van der Waals surface area contributed by atoms with Crippen LogP contribution in [0.1, 0.15) is 45.4 Å². The molecular formula is C14H24N2O3. The lowest BCUT2D eigenvalue weighted by Crippen LogP contribution is -2.47. The molecule has 0 aromatic rings. The Bertz CT molecular complexity index is 338. The second-order valence-electron chi connectivity index (χ2n) is 5.70. The predicted molar refractivity (Wildman–Crippen MR) is 72.0 cm³/mol. The number of hydrogen-bond donors (Lipinski definition) is 1. The number of likely N-dealkylation sites (tertiary alicyclic amines) is 2. The summed E-state index contributed by atoms with van der Waals surface area (Å²) in [5.41, 5.74) is 0. The maximum absolute atomic E-state index is 12.5. The van der Waals surface area contributed by atoms with Crippen molar-refractivity contribution in [3.8, 4) is 0 Å². The molecule has 2 aliphatic heterocycles. The van der Waals surface area contributed by atoms with Crippen LogP contribution in [-0.4, -0.2) is 52.6 Å². The van der Waals surface area contributed by atoms with Crippen molar-refractivity contribution in [2.24, 2.45) is 5.92 Å². The van der Waals surface area contributed by atoms with E-state index in [1.54, 1.807) is 4.90 Å². The van der Waals surface area contributed by atoms with E-state index in [-0.39, 0.29) is 12.1 Å². The normalized spacial score (nSPS) is 28.9. The molecule has 2 saturated heterocycles. The molecule has 0 aromatic carbocycles. The fourth-order valence-corrected chi connectivity index (χ4v) is 3.16. The van der Waals surface area contributed by atoms with Gasteiger partial charge in [0.1, 0.15) is 0 Å². The highest BCUT2D eigenvalue weighted by atomic mass is 16.4. The first kappa shape index (κ1) is 14.2. The molecule has 108 valence electrons. The van der Waals surface area contributed by atoms with Crippen molar-refractivity contribution in [2.45, 2.75) is 51.5 Å². The van der Waals surface area contributed by atoms with Crippen LogP contribution in [-0.2, 0) is 4.79 Å². The number of hydrogen-bond acceptors (Lipinski definition) is 2. The Hall–Kier alpha value is -1.26. The fraction of sp³-hybridized carbons (Fsp3) is 0.857. The third-order valence-corrected chi connectivity index (χ3v) is 4.44. The van der Waals surface area contributed by atoms with Crippen LogP contribution in [0.2, 0.25) is 0 Å². The lowest BCUT2D eigenvalue weighted by molar-refractivity contribution is -0.142. The molecule has 0 saturated carbocycles. The predicted octanol–water partition coefficient (Wildman–Crippen LogP) is 2.17. The zero-order valence-electron chi connectivity index (χ0n) is 11.7. The van der Waals surface area contributed by atoms with E-state index in [1.165, 1.54) is 19.3 Å². The Balaban J connectivity index is 1.96. The molecule has 1 N–H and O–H groups in total. The molecule has 2 atom stereocenters. The molecule has 0 radical (unpaired) electrons. The van der Waals surface area contributed by atoms with E-state index < -0.39 is 11.9 Å². The number of amides is 2. The highest BCUT2D eigenvalue weighted by molar-refractivity contribution is 5.78. The molecule has 0 aliphatic carbocycles. The van der Waals surface area contributed by atoms with Crippen LogP contribution < -0.4 is 0 Å². The maximum atomic E-state index is 12.5. The summed E-state index contributed by atoms with van der Waals surface area (Å²) in [4.78, 5) is 27.3. The van der Waals surface area contributed by atoms with Gasteiger partial charge in [0.25, 0.3) is 0 Å². The Morgan fingerprint density at radius 2 is 1.58 bits per heavy atom. The van der Waals surface area contributed by atoms with Crippen LogP contribution in [0.5, 0.6) is 0 Å². The van der Waals surface area contributed by atoms with E-state index in [0.717, 1.165) is 25.9 Å². The van der Waals surface area contributed by atoms with Crippen LogP contribution in [0.3, 0.4) is 0 Å². The first-order chi connectivity index (χ1) is 9.11. The van der Waals surface area contributed by atoms with Crippen molar-refractivity contribution >= 4 is 12.0 Å². The van der Waals surface area contributed by atoms with E-state index in [4.69, 9.17) is 5.11 Å². The standard InChI is InChI=1S/C14H24N2O3/c1-11-12(13(17)18)7-10-16(11)14(19)15-8-5-3-2-4-6-9-15/h11-12H,2-10H2,1H3,(H,17,18). The van der Waals surface area contributed by atoms with Gasteiger partial charge in [-0.25, -0.2) is 4.79 Å². The highest BCUT2D eigenvalue weighted by Crippen LogP contribution is 2.26. The number of carbonyl (C=O) groups is 2. The van der Waals surface area contributed by atoms with Gasteiger partial charge < -0.3 is 14.9 Å². The number of aliphatic carboxylic acids is 1. The van der Waals surface area contributed by atoms with E-state index in [9.17, 15) is 9.59 Å². The van der Waals surface area contributed by atoms with Crippen molar-refractivity contribution in [2.75, 3.05) is 19.6 Å². The molecule has 0 spiro atoms. The SMILES string of the molecule is CC1C(C(=O)O)CCN1C(=O)N1CCCCCCC1. The van der Waals surface area contributed by atoms with Crippen LogP contribution in [0.4, 0.5) is 4.79 Å². The molecule has 2 amide bonds. The third-order valence-electron chi connectivity index (χ3n) is 4.44. The van der Waals surface area contributed by atoms with Crippen molar-refractivity contribution in [1.82, 2.24) is 9.80 Å². The maximum Gasteiger partial charge on any atom is 0.320 e. The monoisotopic (exact) mass is 268 g/mol. The largest absolute Gasteiger partial charge is 0.481 e. The molecule has 0 aromatic heterocycles. The topological polar surface area (TPSA) is 60.9 Å². The molecule has 19 heavy (non-hydrogen) atoms. The number of rotatable bonds is 1. The van der Waals surface area contributed by atoms with E-state index >= 15 is 0 Å². The molecule has 2 aliphatic rings. The highest BCUT2D eigenvalue weighted by Gasteiger charge is 2.39. The lowest BCUT2D eigenvalue weighted by Gasteiger charge is -2.32. The van der Waals surface area contributed by atoms with Gasteiger partial charge in [-0.2, -0.15) is 0 Å². The van der Waals surface area contributed by atoms with Crippen LogP contribution in [0, 0.1) is 5.92 Å². The minimum Gasteiger partial charge on any atom is -0.481 e. The van der Waals surface area contributed by atoms with Gasteiger partial charge in [-0.15, -0.1) is 0 Å². The first-order valence-corrected chi connectivity index (χ1v) is 7.39. The number of nitrogens with zero attached hydrogens (tertiary/aromatic N) is 2. The summed E-state index contributed by atoms with van der Waals surface area (Å²) in [6, 6.07) is -0.145. The number of carboxylic acids is 1. The van der Waals surface area contributed by atoms with Crippen LogP contribution >= 0.6 is 0 Å². The Morgan fingerprint density at radius 1 is 1.00 bits per heavy atom. The van der Waals surface area contributed by atoms with E-state index in [1.807, 2.05) is 11.8 Å². The summed E-state index contributed by atoms with van der Waals surface area (Å²) in [5, 5.41) is 9.12. The van der Waals surface area contributed by atoms with Crippen LogP contribution in [0.25, 0.3) is 0 Å². The summed E-state index contributed by atoms with van der Waals surface area (Å²) >= 11 is 0. The van der Waals surface area contributed by atoms with Crippen LogP contribution in [0.15, 0.2) is 0 Å². The van der Waals surface area contributed by atoms with Crippen molar-refractivity contribution in [3.05, 3.63) is 0 Å². The summed E-state index contributed by atoms with van der Waals surface area (Å²) in [6.45, 7) is 4.07. The van der Waals surface area contributed by atoms with Gasteiger partial charge in [-0.05, 0) is 26.2 Å². The van der Waals surface area contributed by atoms with Gasteiger partial charge in [0.2, 0.25) is 0 Å². The Morgan fingerprint density at radius 3 is 2.11 bits per heavy atom. The summed E-state index contributed by atoms with van der Waals surface area (Å²) < 4.78 is 0. The molecule has 2 unspecified atom stereocenters. The molecule has 0 bridgehead atoms. The van der Waals surface area contributed by atoms with E-state index in [0.29, 0.717) is 13.0 Å². The molecule has 2 fully saturated rings. The second-order valence-corrected chi connectivity index (χ2v) is 5.70. The van der Waals surface area contributed by atoms with Gasteiger partial charge in [0.15, 0.2) is 0 Å². The average molecular weight is 268 g/mol. The molecule has 2 rings (SSSR count). The molecule has 5 nitrogen and oxygen atoms in total. The van der Waals surface area contributed by atoms with Gasteiger partial charge in [-0.3, -0.25) is 4.79 Å². The number of carbonyl (C=O) groups excluding carboxylic acids is 1. The summed E-state index contributed by atoms with van der Waals surface area (Å²) in [6.07, 6.45) is 6.36. The third kappa shape index (κ3) is 3.19. The zero-order valence-corrected chi connectivity index (χ0v) is 11.7. The smallest absolute Gasteiger partial charge is 0.320 e. The summed E-state index contributed by atoms with van der Waals surface area (Å²) in [5.74, 6) is -1.19. The Kier molecular flexibility index (Phi) is 4.66. The van der Waals surface area contributed by atoms with Crippen molar-refractivity contribution < 1.29 is 14.7 Å². The van der Waals surface area contributed by atoms with Gasteiger partial charge >= 0.3 is 12.0 Å². The molecule has 2 heterocycles. The fourth-order valence-electron chi connectivity index (χ4n) is 3.16. The minimum atomic E-state index is -0.782. The number of urea groups is 1. The van der Waals surface area contributed by atoms with Crippen molar-refractivity contribution in [1.29, 1.82) is 0 Å². The summed E-state index contributed by atoms with van der Waals surface area (Å²) in [7, 11) is 0. The van der Waals surface area contributed by atoms with Gasteiger partial charge in [0, 0.05) is 25.7 Å². The zero-order chi connectivity index (χ0) is 13.8. The first-order valence-electron chi connectivity index (χ1n) is 7.39. The van der Waals surface area contributed by atoms with Gasteiger partial charge in [0.05, 0.1) is 5.92 Å². The van der Waals surface area contributed by atoms with Gasteiger partial charge in [-0.1, -0.05) is 19.3 Å². The minimum absolute atomic E-state index is 0.0400. The molecular weight excluding hydrogens is 244 g/mol. The second kappa shape index (κ2) is 6.26.